The Hall–Kier alpha value is -1.86. The molecule has 1 heterocycles. The summed E-state index contributed by atoms with van der Waals surface area (Å²) < 4.78 is 0. The number of aromatic nitrogens is 1. The molecule has 0 aliphatic heterocycles. The van der Waals surface area contributed by atoms with Crippen LogP contribution in [0.25, 0.3) is 0 Å². The summed E-state index contributed by atoms with van der Waals surface area (Å²) in [4.78, 5) is 31.0. The maximum absolute atomic E-state index is 12.7. The minimum absolute atomic E-state index is 0.200. The van der Waals surface area contributed by atoms with Crippen LogP contribution in [-0.2, 0) is 17.6 Å². The molecule has 1 aromatic heterocycles. The van der Waals surface area contributed by atoms with E-state index in [1.807, 2.05) is 24.5 Å². The van der Waals surface area contributed by atoms with Gasteiger partial charge in [0.1, 0.15) is 6.04 Å². The Morgan fingerprint density at radius 1 is 1.23 bits per heavy atom. The lowest BCUT2D eigenvalue weighted by Crippen LogP contribution is -2.44. The highest BCUT2D eigenvalue weighted by Gasteiger charge is 2.23. The first-order chi connectivity index (χ1) is 12.7. The zero-order valence-corrected chi connectivity index (χ0v) is 16.4. The third kappa shape index (κ3) is 4.86. The summed E-state index contributed by atoms with van der Waals surface area (Å²) in [6.07, 6.45) is 6.95. The number of anilines is 1. The van der Waals surface area contributed by atoms with Gasteiger partial charge in [-0.05, 0) is 56.2 Å². The van der Waals surface area contributed by atoms with Gasteiger partial charge < -0.3 is 10.6 Å². The predicted octanol–water partition coefficient (Wildman–Crippen LogP) is 3.51. The largest absolute Gasteiger partial charge is 0.340 e. The summed E-state index contributed by atoms with van der Waals surface area (Å²) in [6.45, 7) is 0. The molecule has 0 saturated carbocycles. The first kappa shape index (κ1) is 18.9. The number of hydrogen-bond donors (Lipinski definition) is 2. The third-order valence-corrected chi connectivity index (χ3v) is 6.06. The van der Waals surface area contributed by atoms with E-state index < -0.39 is 6.04 Å². The smallest absolute Gasteiger partial charge is 0.251 e. The number of nitrogens with zero attached hydrogens (tertiary/aromatic N) is 1. The van der Waals surface area contributed by atoms with Gasteiger partial charge in [-0.3, -0.25) is 9.59 Å². The number of aryl methyl sites for hydroxylation is 2. The van der Waals surface area contributed by atoms with E-state index in [9.17, 15) is 9.59 Å². The monoisotopic (exact) mass is 389 g/mol. The highest BCUT2D eigenvalue weighted by molar-refractivity contribution is 7.98. The third-order valence-electron chi connectivity index (χ3n) is 4.34. The van der Waals surface area contributed by atoms with Gasteiger partial charge in [-0.2, -0.15) is 11.8 Å². The Morgan fingerprint density at radius 2 is 2.00 bits per heavy atom. The van der Waals surface area contributed by atoms with Crippen molar-refractivity contribution in [1.82, 2.24) is 10.3 Å². The van der Waals surface area contributed by atoms with Crippen LogP contribution in [0.2, 0.25) is 0 Å². The van der Waals surface area contributed by atoms with E-state index >= 15 is 0 Å². The van der Waals surface area contributed by atoms with E-state index in [0.717, 1.165) is 30.7 Å². The topological polar surface area (TPSA) is 71.1 Å². The van der Waals surface area contributed by atoms with Crippen molar-refractivity contribution < 1.29 is 9.59 Å². The summed E-state index contributed by atoms with van der Waals surface area (Å²) in [6, 6.07) is 8.40. The van der Waals surface area contributed by atoms with E-state index in [1.54, 1.807) is 35.2 Å². The lowest BCUT2D eigenvalue weighted by atomic mass is 10.0. The first-order valence-electron chi connectivity index (χ1n) is 8.81. The van der Waals surface area contributed by atoms with Crippen LogP contribution in [0.4, 0.5) is 5.13 Å². The van der Waals surface area contributed by atoms with Gasteiger partial charge in [-0.15, -0.1) is 11.3 Å². The van der Waals surface area contributed by atoms with Crippen molar-refractivity contribution in [2.24, 2.45) is 0 Å². The van der Waals surface area contributed by atoms with E-state index in [0.29, 0.717) is 17.1 Å². The summed E-state index contributed by atoms with van der Waals surface area (Å²) in [5.41, 5.74) is 1.67. The molecule has 0 unspecified atom stereocenters. The normalized spacial score (nSPS) is 14.3. The molecular formula is C19H23N3O2S2. The number of nitrogens with one attached hydrogen (secondary N) is 2. The molecule has 2 aromatic rings. The average Bonchev–Trinajstić information content (AvgIpc) is 3.07. The molecule has 5 nitrogen and oxygen atoms in total. The lowest BCUT2D eigenvalue weighted by molar-refractivity contribution is -0.118. The minimum Gasteiger partial charge on any atom is -0.340 e. The average molecular weight is 390 g/mol. The number of thioether (sulfide) groups is 1. The molecular weight excluding hydrogens is 366 g/mol. The Bertz CT molecular complexity index is 738. The number of fused-ring (bicyclic) bond motifs is 1. The second-order valence-electron chi connectivity index (χ2n) is 6.26. The number of carbonyl (C=O) groups excluding carboxylic acids is 2. The van der Waals surface area contributed by atoms with Crippen LogP contribution >= 0.6 is 23.1 Å². The first-order valence-corrected chi connectivity index (χ1v) is 11.0. The Morgan fingerprint density at radius 3 is 2.73 bits per heavy atom. The van der Waals surface area contributed by atoms with Crippen LogP contribution in [-0.4, -0.2) is 34.8 Å². The molecule has 0 bridgehead atoms. The van der Waals surface area contributed by atoms with Gasteiger partial charge in [-0.1, -0.05) is 18.2 Å². The van der Waals surface area contributed by atoms with Crippen molar-refractivity contribution >= 4 is 40.0 Å². The molecule has 1 aromatic carbocycles. The summed E-state index contributed by atoms with van der Waals surface area (Å²) >= 11 is 3.21. The van der Waals surface area contributed by atoms with Gasteiger partial charge in [0, 0.05) is 10.4 Å². The number of amides is 2. The molecule has 0 spiro atoms. The molecule has 138 valence electrons. The van der Waals surface area contributed by atoms with Crippen LogP contribution in [0.5, 0.6) is 0 Å². The van der Waals surface area contributed by atoms with Crippen molar-refractivity contribution in [3.8, 4) is 0 Å². The van der Waals surface area contributed by atoms with E-state index in [1.165, 1.54) is 11.3 Å². The van der Waals surface area contributed by atoms with Crippen molar-refractivity contribution in [3.05, 3.63) is 46.5 Å². The molecule has 2 N–H and O–H groups in total. The minimum atomic E-state index is -0.573. The van der Waals surface area contributed by atoms with Crippen molar-refractivity contribution in [2.45, 2.75) is 38.1 Å². The molecule has 2 amide bonds. The van der Waals surface area contributed by atoms with Gasteiger partial charge in [0.15, 0.2) is 5.13 Å². The number of benzene rings is 1. The van der Waals surface area contributed by atoms with E-state index in [4.69, 9.17) is 0 Å². The summed E-state index contributed by atoms with van der Waals surface area (Å²) in [5, 5.41) is 6.42. The Kier molecular flexibility index (Phi) is 6.68. The second kappa shape index (κ2) is 9.19. The number of thiazole rings is 1. The maximum atomic E-state index is 12.7. The molecule has 1 aliphatic carbocycles. The molecule has 0 radical (unpaired) electrons. The lowest BCUT2D eigenvalue weighted by Gasteiger charge is -2.17. The van der Waals surface area contributed by atoms with Crippen LogP contribution in [0, 0.1) is 0 Å². The van der Waals surface area contributed by atoms with Gasteiger partial charge >= 0.3 is 0 Å². The van der Waals surface area contributed by atoms with Crippen LogP contribution < -0.4 is 10.6 Å². The highest BCUT2D eigenvalue weighted by Crippen LogP contribution is 2.29. The fraction of sp³-hybridized carbons (Fsp3) is 0.421. The van der Waals surface area contributed by atoms with E-state index in [-0.39, 0.29) is 11.8 Å². The number of rotatable bonds is 7. The maximum Gasteiger partial charge on any atom is 0.251 e. The second-order valence-corrected chi connectivity index (χ2v) is 8.33. The van der Waals surface area contributed by atoms with Gasteiger partial charge in [0.05, 0.1) is 5.69 Å². The fourth-order valence-electron chi connectivity index (χ4n) is 2.93. The van der Waals surface area contributed by atoms with Crippen LogP contribution in [0.1, 0.15) is 40.2 Å². The number of hydrogen-bond acceptors (Lipinski definition) is 5. The van der Waals surface area contributed by atoms with Gasteiger partial charge in [0.2, 0.25) is 5.91 Å². The zero-order chi connectivity index (χ0) is 18.4. The Labute approximate surface area is 162 Å². The van der Waals surface area contributed by atoms with E-state index in [2.05, 4.69) is 15.6 Å². The van der Waals surface area contributed by atoms with Crippen molar-refractivity contribution in [3.63, 3.8) is 0 Å². The summed E-state index contributed by atoms with van der Waals surface area (Å²) in [7, 11) is 0. The molecule has 7 heteroatoms. The summed E-state index contributed by atoms with van der Waals surface area (Å²) in [5.74, 6) is 0.362. The quantitative estimate of drug-likeness (QED) is 0.760. The fourth-order valence-corrected chi connectivity index (χ4v) is 4.46. The van der Waals surface area contributed by atoms with Crippen LogP contribution in [0.15, 0.2) is 30.3 Å². The van der Waals surface area contributed by atoms with Crippen LogP contribution in [0.3, 0.4) is 0 Å². The number of carbonyl (C=O) groups is 2. The molecule has 1 aliphatic rings. The zero-order valence-electron chi connectivity index (χ0n) is 14.8. The standard InChI is InChI=1S/C19H23N3O2S2/c1-25-12-11-15(20-17(23)13-7-3-2-4-8-13)18(24)22-19-21-14-9-5-6-10-16(14)26-19/h2-4,7-8,15H,5-6,9-12H2,1H3,(H,20,23)(H,21,22,24)/t15-/m0/s1. The Balaban J connectivity index is 1.67. The molecule has 0 fully saturated rings. The molecule has 1 atom stereocenters. The van der Waals surface area contributed by atoms with Crippen molar-refractivity contribution in [2.75, 3.05) is 17.3 Å². The highest BCUT2D eigenvalue weighted by atomic mass is 32.2. The van der Waals surface area contributed by atoms with Crippen molar-refractivity contribution in [1.29, 1.82) is 0 Å². The molecule has 0 saturated heterocycles. The predicted molar refractivity (Wildman–Crippen MR) is 108 cm³/mol. The molecule has 26 heavy (non-hydrogen) atoms. The molecule has 3 rings (SSSR count). The van der Waals surface area contributed by atoms with Gasteiger partial charge in [0.25, 0.3) is 5.91 Å². The van der Waals surface area contributed by atoms with Gasteiger partial charge in [-0.25, -0.2) is 4.98 Å². The SMILES string of the molecule is CSCC[C@H](NC(=O)c1ccccc1)C(=O)Nc1nc2c(s1)CCCC2.